The van der Waals surface area contributed by atoms with Crippen molar-refractivity contribution in [3.8, 4) is 0 Å². The van der Waals surface area contributed by atoms with Gasteiger partial charge >= 0.3 is 0 Å². The topological polar surface area (TPSA) is 49.4 Å². The number of benzene rings is 1. The molecule has 0 spiro atoms. The van der Waals surface area contributed by atoms with Gasteiger partial charge in [-0.25, -0.2) is 0 Å². The van der Waals surface area contributed by atoms with E-state index in [-0.39, 0.29) is 11.8 Å². The smallest absolute Gasteiger partial charge is 0.253 e. The molecule has 4 nitrogen and oxygen atoms in total. The first-order valence-electron chi connectivity index (χ1n) is 8.83. The van der Waals surface area contributed by atoms with Gasteiger partial charge in [0.05, 0.1) is 0 Å². The van der Waals surface area contributed by atoms with E-state index in [1.54, 1.807) is 12.1 Å². The minimum atomic E-state index is -0.0569. The van der Waals surface area contributed by atoms with Gasteiger partial charge in [-0.1, -0.05) is 25.8 Å². The van der Waals surface area contributed by atoms with E-state index >= 15 is 0 Å². The molecule has 4 heteroatoms. The molecule has 1 heterocycles. The number of hydrogen-bond donors (Lipinski definition) is 1. The van der Waals surface area contributed by atoms with Crippen molar-refractivity contribution in [3.05, 3.63) is 35.4 Å². The van der Waals surface area contributed by atoms with E-state index in [0.29, 0.717) is 23.1 Å². The summed E-state index contributed by atoms with van der Waals surface area (Å²) >= 11 is 0. The van der Waals surface area contributed by atoms with Gasteiger partial charge in [0.15, 0.2) is 0 Å². The monoisotopic (exact) mass is 314 g/mol. The van der Waals surface area contributed by atoms with Crippen molar-refractivity contribution in [2.45, 2.75) is 51.5 Å². The quantitative estimate of drug-likeness (QED) is 0.931. The summed E-state index contributed by atoms with van der Waals surface area (Å²) in [6, 6.07) is 7.45. The Labute approximate surface area is 138 Å². The molecule has 2 fully saturated rings. The highest BCUT2D eigenvalue weighted by atomic mass is 16.2. The molecular weight excluding hydrogens is 288 g/mol. The fourth-order valence-corrected chi connectivity index (χ4v) is 3.69. The number of rotatable bonds is 3. The lowest BCUT2D eigenvalue weighted by Crippen LogP contribution is -2.39. The van der Waals surface area contributed by atoms with E-state index in [2.05, 4.69) is 12.2 Å². The number of carbonyl (C=O) groups is 2. The molecule has 1 aromatic rings. The molecule has 1 saturated carbocycles. The molecule has 1 atom stereocenters. The van der Waals surface area contributed by atoms with E-state index in [1.807, 2.05) is 17.0 Å². The van der Waals surface area contributed by atoms with Crippen LogP contribution in [-0.2, 0) is 0 Å². The molecule has 0 radical (unpaired) electrons. The minimum Gasteiger partial charge on any atom is -0.349 e. The number of nitrogens with one attached hydrogen (secondary N) is 1. The first-order chi connectivity index (χ1) is 11.1. The standard InChI is InChI=1S/C19H26N2O2/c1-14-6-5-11-21(13-14)19(23)16-8-4-7-15(12-16)18(22)20-17-9-2-3-10-17/h4,7-8,12,14,17H,2-3,5-6,9-11,13H2,1H3,(H,20,22). The molecule has 23 heavy (non-hydrogen) atoms. The molecule has 1 N–H and O–H groups in total. The highest BCUT2D eigenvalue weighted by Gasteiger charge is 2.23. The van der Waals surface area contributed by atoms with Crippen molar-refractivity contribution in [2.75, 3.05) is 13.1 Å². The SMILES string of the molecule is CC1CCCN(C(=O)c2cccc(C(=O)NC3CCCC3)c2)C1. The van der Waals surface area contributed by atoms with Crippen LogP contribution < -0.4 is 5.32 Å². The van der Waals surface area contributed by atoms with Crippen LogP contribution in [0.1, 0.15) is 66.2 Å². The molecule has 1 saturated heterocycles. The van der Waals surface area contributed by atoms with Gasteiger partial charge in [0.1, 0.15) is 0 Å². The summed E-state index contributed by atoms with van der Waals surface area (Å²) < 4.78 is 0. The summed E-state index contributed by atoms with van der Waals surface area (Å²) in [4.78, 5) is 26.9. The van der Waals surface area contributed by atoms with Gasteiger partial charge in [-0.2, -0.15) is 0 Å². The molecule has 3 rings (SSSR count). The lowest BCUT2D eigenvalue weighted by atomic mass is 9.99. The second kappa shape index (κ2) is 7.16. The predicted octanol–water partition coefficient (Wildman–Crippen LogP) is 3.23. The maximum absolute atomic E-state index is 12.7. The molecule has 1 unspecified atom stereocenters. The van der Waals surface area contributed by atoms with Crippen LogP contribution in [0.3, 0.4) is 0 Å². The van der Waals surface area contributed by atoms with Gasteiger partial charge in [0.2, 0.25) is 0 Å². The highest BCUT2D eigenvalue weighted by Crippen LogP contribution is 2.20. The summed E-state index contributed by atoms with van der Waals surface area (Å²) in [5, 5.41) is 3.08. The van der Waals surface area contributed by atoms with Crippen LogP contribution in [0.5, 0.6) is 0 Å². The first-order valence-corrected chi connectivity index (χ1v) is 8.83. The zero-order valence-corrected chi connectivity index (χ0v) is 13.9. The molecule has 2 amide bonds. The highest BCUT2D eigenvalue weighted by molar-refractivity contribution is 5.99. The van der Waals surface area contributed by atoms with E-state index in [0.717, 1.165) is 32.4 Å². The van der Waals surface area contributed by atoms with Gasteiger partial charge in [0, 0.05) is 30.3 Å². The van der Waals surface area contributed by atoms with Crippen molar-refractivity contribution in [1.82, 2.24) is 10.2 Å². The van der Waals surface area contributed by atoms with Crippen molar-refractivity contribution in [3.63, 3.8) is 0 Å². The Morgan fingerprint density at radius 2 is 1.83 bits per heavy atom. The third-order valence-electron chi connectivity index (χ3n) is 5.01. The maximum atomic E-state index is 12.7. The minimum absolute atomic E-state index is 0.0482. The number of likely N-dealkylation sites (tertiary alicyclic amines) is 1. The van der Waals surface area contributed by atoms with Crippen LogP contribution in [0.25, 0.3) is 0 Å². The van der Waals surface area contributed by atoms with Crippen molar-refractivity contribution in [2.24, 2.45) is 5.92 Å². The molecule has 124 valence electrons. The van der Waals surface area contributed by atoms with Gasteiger partial charge in [-0.05, 0) is 49.8 Å². The van der Waals surface area contributed by atoms with Crippen LogP contribution in [0, 0.1) is 5.92 Å². The number of carbonyl (C=O) groups excluding carboxylic acids is 2. The van der Waals surface area contributed by atoms with Crippen LogP contribution in [-0.4, -0.2) is 35.8 Å². The Balaban J connectivity index is 1.68. The van der Waals surface area contributed by atoms with Gasteiger partial charge in [-0.3, -0.25) is 9.59 Å². The average Bonchev–Trinajstić information content (AvgIpc) is 3.07. The molecule has 2 aliphatic rings. The average molecular weight is 314 g/mol. The Kier molecular flexibility index (Phi) is 4.99. The summed E-state index contributed by atoms with van der Waals surface area (Å²) in [6.07, 6.45) is 6.77. The van der Waals surface area contributed by atoms with Crippen molar-refractivity contribution < 1.29 is 9.59 Å². The van der Waals surface area contributed by atoms with Crippen molar-refractivity contribution in [1.29, 1.82) is 0 Å². The number of piperidine rings is 1. The second-order valence-corrected chi connectivity index (χ2v) is 7.03. The summed E-state index contributed by atoms with van der Waals surface area (Å²) in [5.74, 6) is 0.548. The van der Waals surface area contributed by atoms with E-state index in [1.165, 1.54) is 19.3 Å². The van der Waals surface area contributed by atoms with E-state index < -0.39 is 0 Å². The van der Waals surface area contributed by atoms with Gasteiger partial charge < -0.3 is 10.2 Å². The molecule has 1 aliphatic heterocycles. The Morgan fingerprint density at radius 3 is 2.57 bits per heavy atom. The number of hydrogen-bond acceptors (Lipinski definition) is 2. The largest absolute Gasteiger partial charge is 0.349 e. The zero-order valence-electron chi connectivity index (χ0n) is 13.9. The van der Waals surface area contributed by atoms with Gasteiger partial charge in [-0.15, -0.1) is 0 Å². The van der Waals surface area contributed by atoms with Crippen LogP contribution in [0.15, 0.2) is 24.3 Å². The predicted molar refractivity (Wildman–Crippen MR) is 90.5 cm³/mol. The molecule has 0 bridgehead atoms. The second-order valence-electron chi connectivity index (χ2n) is 7.03. The van der Waals surface area contributed by atoms with E-state index in [4.69, 9.17) is 0 Å². The van der Waals surface area contributed by atoms with Crippen LogP contribution in [0.2, 0.25) is 0 Å². The van der Waals surface area contributed by atoms with Crippen molar-refractivity contribution >= 4 is 11.8 Å². The van der Waals surface area contributed by atoms with Gasteiger partial charge in [0.25, 0.3) is 11.8 Å². The van der Waals surface area contributed by atoms with Crippen LogP contribution >= 0.6 is 0 Å². The normalized spacial score (nSPS) is 22.1. The summed E-state index contributed by atoms with van der Waals surface area (Å²) in [5.41, 5.74) is 1.21. The third kappa shape index (κ3) is 3.92. The van der Waals surface area contributed by atoms with E-state index in [9.17, 15) is 9.59 Å². The lowest BCUT2D eigenvalue weighted by Gasteiger charge is -2.31. The lowest BCUT2D eigenvalue weighted by molar-refractivity contribution is 0.0683. The molecule has 1 aromatic carbocycles. The molecule has 1 aliphatic carbocycles. The number of amides is 2. The summed E-state index contributed by atoms with van der Waals surface area (Å²) in [7, 11) is 0. The van der Waals surface area contributed by atoms with Crippen LogP contribution in [0.4, 0.5) is 0 Å². The fourth-order valence-electron chi connectivity index (χ4n) is 3.69. The fraction of sp³-hybridized carbons (Fsp3) is 0.579. The Bertz CT molecular complexity index is 578. The molecular formula is C19H26N2O2. The Hall–Kier alpha value is -1.84. The number of nitrogens with zero attached hydrogens (tertiary/aromatic N) is 1. The summed E-state index contributed by atoms with van der Waals surface area (Å²) in [6.45, 7) is 3.82. The maximum Gasteiger partial charge on any atom is 0.253 e. The third-order valence-corrected chi connectivity index (χ3v) is 5.01. The zero-order chi connectivity index (χ0) is 16.2. The first kappa shape index (κ1) is 16.0. The molecule has 0 aromatic heterocycles. The Morgan fingerprint density at radius 1 is 1.09 bits per heavy atom.